The lowest BCUT2D eigenvalue weighted by molar-refractivity contribution is -0.140. The molecule has 7 heteroatoms. The van der Waals surface area contributed by atoms with Crippen molar-refractivity contribution in [1.82, 2.24) is 19.6 Å². The molecule has 2 N–H and O–H groups in total. The van der Waals surface area contributed by atoms with Crippen molar-refractivity contribution < 1.29 is 9.59 Å². The van der Waals surface area contributed by atoms with Gasteiger partial charge in [0.15, 0.2) is 0 Å². The summed E-state index contributed by atoms with van der Waals surface area (Å²) in [5, 5.41) is 4.07. The first kappa shape index (κ1) is 16.5. The van der Waals surface area contributed by atoms with Gasteiger partial charge in [-0.15, -0.1) is 0 Å². The Kier molecular flexibility index (Phi) is 4.85. The van der Waals surface area contributed by atoms with Crippen LogP contribution in [0.4, 0.5) is 0 Å². The Labute approximate surface area is 131 Å². The molecule has 0 spiro atoms. The highest BCUT2D eigenvalue weighted by molar-refractivity contribution is 5.86. The molecule has 2 amide bonds. The van der Waals surface area contributed by atoms with Crippen LogP contribution in [0.3, 0.4) is 0 Å². The maximum Gasteiger partial charge on any atom is 0.247 e. The minimum absolute atomic E-state index is 0.000588. The van der Waals surface area contributed by atoms with Crippen LogP contribution in [0, 0.1) is 5.41 Å². The van der Waals surface area contributed by atoms with Crippen LogP contribution in [0.1, 0.15) is 26.3 Å². The van der Waals surface area contributed by atoms with Crippen molar-refractivity contribution in [2.75, 3.05) is 33.2 Å². The lowest BCUT2D eigenvalue weighted by Gasteiger charge is -2.26. The van der Waals surface area contributed by atoms with Crippen molar-refractivity contribution in [1.29, 1.82) is 0 Å². The highest BCUT2D eigenvalue weighted by Gasteiger charge is 2.35. The van der Waals surface area contributed by atoms with E-state index in [-0.39, 0.29) is 23.8 Å². The number of hydrogen-bond acceptors (Lipinski definition) is 4. The summed E-state index contributed by atoms with van der Waals surface area (Å²) in [4.78, 5) is 28.0. The fourth-order valence-corrected chi connectivity index (χ4v) is 2.73. The van der Waals surface area contributed by atoms with E-state index in [1.54, 1.807) is 42.0 Å². The van der Waals surface area contributed by atoms with E-state index >= 15 is 0 Å². The van der Waals surface area contributed by atoms with Gasteiger partial charge in [-0.3, -0.25) is 14.3 Å². The van der Waals surface area contributed by atoms with Gasteiger partial charge in [0.05, 0.1) is 6.54 Å². The molecule has 22 heavy (non-hydrogen) atoms. The Morgan fingerprint density at radius 3 is 2.77 bits per heavy atom. The zero-order valence-electron chi connectivity index (χ0n) is 13.5. The van der Waals surface area contributed by atoms with E-state index in [2.05, 4.69) is 12.0 Å². The predicted octanol–water partition coefficient (Wildman–Crippen LogP) is 0.0998. The van der Waals surface area contributed by atoms with Gasteiger partial charge in [-0.05, 0) is 31.4 Å². The Morgan fingerprint density at radius 2 is 2.23 bits per heavy atom. The number of carbonyl (C=O) groups is 2. The van der Waals surface area contributed by atoms with Crippen LogP contribution in [0.2, 0.25) is 0 Å². The second-order valence-electron chi connectivity index (χ2n) is 6.44. The summed E-state index contributed by atoms with van der Waals surface area (Å²) < 4.78 is 1.59. The van der Waals surface area contributed by atoms with Crippen molar-refractivity contribution in [2.24, 2.45) is 11.1 Å². The van der Waals surface area contributed by atoms with Crippen LogP contribution < -0.4 is 5.73 Å². The molecular weight excluding hydrogens is 282 g/mol. The zero-order valence-corrected chi connectivity index (χ0v) is 13.5. The molecule has 0 saturated carbocycles. The Morgan fingerprint density at radius 1 is 1.50 bits per heavy atom. The number of rotatable bonds is 5. The van der Waals surface area contributed by atoms with Crippen LogP contribution in [0.5, 0.6) is 0 Å². The number of carbonyl (C=O) groups excluding carboxylic acids is 2. The molecule has 0 aromatic carbocycles. The third-order valence-corrected chi connectivity index (χ3v) is 4.43. The summed E-state index contributed by atoms with van der Waals surface area (Å²) in [6.07, 6.45) is 4.29. The summed E-state index contributed by atoms with van der Waals surface area (Å²) in [5.41, 5.74) is 5.76. The summed E-state index contributed by atoms with van der Waals surface area (Å²) in [6, 6.07) is 1.35. The van der Waals surface area contributed by atoms with Crippen molar-refractivity contribution in [3.8, 4) is 0 Å². The van der Waals surface area contributed by atoms with Crippen LogP contribution in [-0.4, -0.2) is 64.6 Å². The normalized spacial score (nSPS) is 22.6. The molecule has 2 rings (SSSR count). The first-order chi connectivity index (χ1) is 10.4. The topological polar surface area (TPSA) is 84.5 Å². The molecule has 1 aromatic rings. The van der Waals surface area contributed by atoms with E-state index in [0.717, 1.165) is 6.42 Å². The summed E-state index contributed by atoms with van der Waals surface area (Å²) in [6.45, 7) is 5.90. The lowest BCUT2D eigenvalue weighted by atomic mass is 9.90. The fourth-order valence-electron chi connectivity index (χ4n) is 2.73. The van der Waals surface area contributed by atoms with Gasteiger partial charge in [0.1, 0.15) is 6.04 Å². The third kappa shape index (κ3) is 3.47. The molecule has 0 aliphatic carbocycles. The number of nitrogens with two attached hydrogens (primary N) is 1. The summed E-state index contributed by atoms with van der Waals surface area (Å²) >= 11 is 0. The van der Waals surface area contributed by atoms with Gasteiger partial charge in [0, 0.05) is 32.5 Å². The van der Waals surface area contributed by atoms with Gasteiger partial charge in [-0.25, -0.2) is 0 Å². The number of likely N-dealkylation sites (tertiary alicyclic amines) is 1. The fraction of sp³-hybridized carbons (Fsp3) is 0.667. The first-order valence-corrected chi connectivity index (χ1v) is 7.58. The van der Waals surface area contributed by atoms with Crippen LogP contribution in [0.15, 0.2) is 18.5 Å². The average molecular weight is 307 g/mol. The van der Waals surface area contributed by atoms with E-state index in [1.165, 1.54) is 4.90 Å². The molecule has 2 heterocycles. The van der Waals surface area contributed by atoms with E-state index in [9.17, 15) is 9.59 Å². The summed E-state index contributed by atoms with van der Waals surface area (Å²) in [7, 11) is 1.65. The van der Waals surface area contributed by atoms with E-state index in [1.807, 2.05) is 0 Å². The second kappa shape index (κ2) is 6.48. The molecule has 1 fully saturated rings. The quantitative estimate of drug-likeness (QED) is 0.836. The highest BCUT2D eigenvalue weighted by atomic mass is 16.2. The van der Waals surface area contributed by atoms with Gasteiger partial charge in [-0.1, -0.05) is 6.92 Å². The Bertz CT molecular complexity index is 530. The lowest BCUT2D eigenvalue weighted by Crippen LogP contribution is -2.43. The number of hydrogen-bond donors (Lipinski definition) is 1. The van der Waals surface area contributed by atoms with E-state index < -0.39 is 6.04 Å². The van der Waals surface area contributed by atoms with Crippen molar-refractivity contribution >= 4 is 11.8 Å². The Hall–Kier alpha value is -1.89. The molecule has 2 unspecified atom stereocenters. The zero-order chi connectivity index (χ0) is 16.3. The molecule has 1 saturated heterocycles. The minimum atomic E-state index is -0.416. The average Bonchev–Trinajstić information content (AvgIpc) is 3.15. The molecule has 0 bridgehead atoms. The minimum Gasteiger partial charge on any atom is -0.341 e. The smallest absolute Gasteiger partial charge is 0.247 e. The van der Waals surface area contributed by atoms with Crippen LogP contribution in [0.25, 0.3) is 0 Å². The SMILES string of the molecule is CC(C(=O)N(C)CC(=O)N1CCC(C)(CN)C1)n1cccn1. The number of nitrogens with zero attached hydrogens (tertiary/aromatic N) is 4. The van der Waals surface area contributed by atoms with Crippen molar-refractivity contribution in [2.45, 2.75) is 26.3 Å². The number of amides is 2. The van der Waals surface area contributed by atoms with Gasteiger partial charge < -0.3 is 15.5 Å². The maximum atomic E-state index is 12.3. The van der Waals surface area contributed by atoms with Crippen LogP contribution >= 0.6 is 0 Å². The van der Waals surface area contributed by atoms with Gasteiger partial charge in [0.2, 0.25) is 11.8 Å². The highest BCUT2D eigenvalue weighted by Crippen LogP contribution is 2.28. The maximum absolute atomic E-state index is 12.3. The molecule has 122 valence electrons. The van der Waals surface area contributed by atoms with Gasteiger partial charge in [0.25, 0.3) is 0 Å². The van der Waals surface area contributed by atoms with E-state index in [0.29, 0.717) is 19.6 Å². The molecule has 1 aromatic heterocycles. The summed E-state index contributed by atoms with van der Waals surface area (Å²) in [5.74, 6) is -0.154. The van der Waals surface area contributed by atoms with Crippen molar-refractivity contribution in [3.63, 3.8) is 0 Å². The molecule has 2 atom stereocenters. The molecule has 7 nitrogen and oxygen atoms in total. The monoisotopic (exact) mass is 307 g/mol. The molecular formula is C15H25N5O2. The Balaban J connectivity index is 1.90. The second-order valence-corrected chi connectivity index (χ2v) is 6.44. The number of aromatic nitrogens is 2. The van der Waals surface area contributed by atoms with Crippen molar-refractivity contribution in [3.05, 3.63) is 18.5 Å². The predicted molar refractivity (Wildman–Crippen MR) is 82.9 cm³/mol. The van der Waals surface area contributed by atoms with Gasteiger partial charge >= 0.3 is 0 Å². The molecule has 1 aliphatic rings. The standard InChI is InChI=1S/C15H25N5O2/c1-12(20-7-4-6-17-20)14(22)18(3)9-13(21)19-8-5-15(2,10-16)11-19/h4,6-7,12H,5,8-11,16H2,1-3H3. The largest absolute Gasteiger partial charge is 0.341 e. The molecule has 1 aliphatic heterocycles. The van der Waals surface area contributed by atoms with Gasteiger partial charge in [-0.2, -0.15) is 5.10 Å². The third-order valence-electron chi connectivity index (χ3n) is 4.43. The number of likely N-dealkylation sites (N-methyl/N-ethyl adjacent to an activating group) is 1. The molecule has 0 radical (unpaired) electrons. The van der Waals surface area contributed by atoms with Crippen LogP contribution in [-0.2, 0) is 9.59 Å². The first-order valence-electron chi connectivity index (χ1n) is 7.58. The van der Waals surface area contributed by atoms with E-state index in [4.69, 9.17) is 5.73 Å².